The van der Waals surface area contributed by atoms with Gasteiger partial charge in [0.15, 0.2) is 0 Å². The Kier molecular flexibility index (Phi) is 6.56. The SMILES string of the molecule is COc1ccc(CN2C(=O)C(NC(=O)OCc3ccccc3)C2CO)c(OC)c1. The lowest BCUT2D eigenvalue weighted by Crippen LogP contribution is -2.71. The number of aliphatic hydroxyl groups excluding tert-OH is 1. The highest BCUT2D eigenvalue weighted by Gasteiger charge is 2.48. The predicted octanol–water partition coefficient (Wildman–Crippen LogP) is 1.70. The Morgan fingerprint density at radius 2 is 1.90 bits per heavy atom. The number of β-lactam (4-membered cyclic amide) rings is 1. The summed E-state index contributed by atoms with van der Waals surface area (Å²) in [5, 5.41) is 12.3. The molecule has 8 nitrogen and oxygen atoms in total. The van der Waals surface area contributed by atoms with E-state index in [-0.39, 0.29) is 25.7 Å². The number of aliphatic hydroxyl groups is 1. The number of nitrogens with zero attached hydrogens (tertiary/aromatic N) is 1. The summed E-state index contributed by atoms with van der Waals surface area (Å²) < 4.78 is 15.7. The van der Waals surface area contributed by atoms with Gasteiger partial charge in [0.2, 0.25) is 5.91 Å². The highest BCUT2D eigenvalue weighted by Crippen LogP contribution is 2.29. The fraction of sp³-hybridized carbons (Fsp3) is 0.333. The summed E-state index contributed by atoms with van der Waals surface area (Å²) >= 11 is 0. The summed E-state index contributed by atoms with van der Waals surface area (Å²) in [7, 11) is 3.09. The van der Waals surface area contributed by atoms with Gasteiger partial charge in [-0.05, 0) is 17.7 Å². The van der Waals surface area contributed by atoms with E-state index >= 15 is 0 Å². The van der Waals surface area contributed by atoms with Crippen LogP contribution in [0.15, 0.2) is 48.5 Å². The van der Waals surface area contributed by atoms with E-state index in [9.17, 15) is 14.7 Å². The zero-order chi connectivity index (χ0) is 20.8. The van der Waals surface area contributed by atoms with Gasteiger partial charge in [-0.3, -0.25) is 4.79 Å². The number of hydrogen-bond acceptors (Lipinski definition) is 6. The van der Waals surface area contributed by atoms with E-state index in [1.54, 1.807) is 25.3 Å². The number of alkyl carbamates (subject to hydrolysis) is 1. The molecule has 2 unspecified atom stereocenters. The minimum atomic E-state index is -0.826. The van der Waals surface area contributed by atoms with E-state index in [1.165, 1.54) is 12.0 Å². The van der Waals surface area contributed by atoms with Crippen LogP contribution in [0, 0.1) is 0 Å². The van der Waals surface area contributed by atoms with Crippen molar-refractivity contribution in [3.8, 4) is 11.5 Å². The van der Waals surface area contributed by atoms with Crippen molar-refractivity contribution < 1.29 is 28.9 Å². The summed E-state index contributed by atoms with van der Waals surface area (Å²) in [5.41, 5.74) is 1.61. The molecule has 29 heavy (non-hydrogen) atoms. The third kappa shape index (κ3) is 4.60. The number of carbonyl (C=O) groups is 2. The average Bonchev–Trinajstić information content (AvgIpc) is 2.77. The molecule has 2 amide bonds. The van der Waals surface area contributed by atoms with Crippen LogP contribution in [0.2, 0.25) is 0 Å². The lowest BCUT2D eigenvalue weighted by atomic mass is 9.94. The standard InChI is InChI=1S/C21H24N2O6/c1-27-16-9-8-15(18(10-16)28-2)11-23-17(12-24)19(20(23)25)22-21(26)29-13-14-6-4-3-5-7-14/h3-10,17,19,24H,11-13H2,1-2H3,(H,22,26). The van der Waals surface area contributed by atoms with Crippen molar-refractivity contribution in [3.63, 3.8) is 0 Å². The second kappa shape index (κ2) is 9.29. The summed E-state index contributed by atoms with van der Waals surface area (Å²) in [6, 6.07) is 13.2. The van der Waals surface area contributed by atoms with Gasteiger partial charge >= 0.3 is 6.09 Å². The number of rotatable bonds is 8. The van der Waals surface area contributed by atoms with Gasteiger partial charge in [0.25, 0.3) is 0 Å². The van der Waals surface area contributed by atoms with Gasteiger partial charge in [-0.15, -0.1) is 0 Å². The number of methoxy groups -OCH3 is 2. The van der Waals surface area contributed by atoms with Crippen LogP contribution >= 0.6 is 0 Å². The molecule has 2 N–H and O–H groups in total. The highest BCUT2D eigenvalue weighted by atomic mass is 16.5. The largest absolute Gasteiger partial charge is 0.497 e. The second-order valence-electron chi connectivity index (χ2n) is 6.58. The highest BCUT2D eigenvalue weighted by molar-refractivity contribution is 5.92. The Bertz CT molecular complexity index is 858. The topological polar surface area (TPSA) is 97.3 Å². The average molecular weight is 400 g/mol. The summed E-state index contributed by atoms with van der Waals surface area (Å²) in [4.78, 5) is 26.1. The smallest absolute Gasteiger partial charge is 0.408 e. The molecule has 3 rings (SSSR count). The van der Waals surface area contributed by atoms with Crippen molar-refractivity contribution >= 4 is 12.0 Å². The summed E-state index contributed by atoms with van der Waals surface area (Å²) in [6.07, 6.45) is -0.702. The van der Waals surface area contributed by atoms with Crippen LogP contribution in [0.5, 0.6) is 11.5 Å². The van der Waals surface area contributed by atoms with Crippen LogP contribution in [-0.2, 0) is 22.7 Å². The maximum absolute atomic E-state index is 12.5. The molecule has 1 aliphatic rings. The van der Waals surface area contributed by atoms with E-state index in [0.717, 1.165) is 11.1 Å². The van der Waals surface area contributed by atoms with E-state index < -0.39 is 18.2 Å². The lowest BCUT2D eigenvalue weighted by Gasteiger charge is -2.46. The lowest BCUT2D eigenvalue weighted by molar-refractivity contribution is -0.154. The minimum absolute atomic E-state index is 0.101. The molecule has 1 saturated heterocycles. The van der Waals surface area contributed by atoms with Crippen molar-refractivity contribution in [1.82, 2.24) is 10.2 Å². The van der Waals surface area contributed by atoms with E-state index in [0.29, 0.717) is 11.5 Å². The molecule has 0 bridgehead atoms. The Labute approximate surface area is 169 Å². The molecule has 8 heteroatoms. The fourth-order valence-electron chi connectivity index (χ4n) is 3.22. The van der Waals surface area contributed by atoms with Crippen LogP contribution in [0.4, 0.5) is 4.79 Å². The number of carbonyl (C=O) groups excluding carboxylic acids is 2. The monoisotopic (exact) mass is 400 g/mol. The van der Waals surface area contributed by atoms with Crippen LogP contribution in [0.25, 0.3) is 0 Å². The van der Waals surface area contributed by atoms with Gasteiger partial charge in [0.1, 0.15) is 24.1 Å². The Balaban J connectivity index is 1.59. The zero-order valence-electron chi connectivity index (χ0n) is 16.3. The first-order valence-electron chi connectivity index (χ1n) is 9.16. The molecule has 1 heterocycles. The van der Waals surface area contributed by atoms with Gasteiger partial charge < -0.3 is 29.5 Å². The maximum Gasteiger partial charge on any atom is 0.408 e. The van der Waals surface area contributed by atoms with Crippen LogP contribution in [0.3, 0.4) is 0 Å². The molecule has 1 aliphatic heterocycles. The van der Waals surface area contributed by atoms with Gasteiger partial charge in [0, 0.05) is 18.2 Å². The van der Waals surface area contributed by atoms with Gasteiger partial charge in [0.05, 0.1) is 26.9 Å². The summed E-state index contributed by atoms with van der Waals surface area (Å²) in [5.74, 6) is 0.922. The van der Waals surface area contributed by atoms with Crippen molar-refractivity contribution in [3.05, 3.63) is 59.7 Å². The Morgan fingerprint density at radius 3 is 2.55 bits per heavy atom. The second-order valence-corrected chi connectivity index (χ2v) is 6.58. The Morgan fingerprint density at radius 1 is 1.14 bits per heavy atom. The van der Waals surface area contributed by atoms with Crippen molar-refractivity contribution in [2.75, 3.05) is 20.8 Å². The molecule has 154 valence electrons. The molecule has 2 aromatic carbocycles. The quantitative estimate of drug-likeness (QED) is 0.655. The molecular weight excluding hydrogens is 376 g/mol. The van der Waals surface area contributed by atoms with Crippen LogP contribution in [-0.4, -0.2) is 54.9 Å². The molecular formula is C21H24N2O6. The predicted molar refractivity (Wildman–Crippen MR) is 105 cm³/mol. The Hall–Kier alpha value is -3.26. The third-order valence-corrected chi connectivity index (χ3v) is 4.84. The van der Waals surface area contributed by atoms with Gasteiger partial charge in [-0.25, -0.2) is 4.79 Å². The number of amides is 2. The number of hydrogen-bond donors (Lipinski definition) is 2. The molecule has 1 fully saturated rings. The number of likely N-dealkylation sites (tertiary alicyclic amines) is 1. The first-order valence-corrected chi connectivity index (χ1v) is 9.16. The minimum Gasteiger partial charge on any atom is -0.497 e. The normalized spacial score (nSPS) is 18.0. The first kappa shape index (κ1) is 20.5. The maximum atomic E-state index is 12.5. The number of nitrogens with one attached hydrogen (secondary N) is 1. The van der Waals surface area contributed by atoms with Gasteiger partial charge in [-0.1, -0.05) is 30.3 Å². The first-order chi connectivity index (χ1) is 14.1. The summed E-state index contributed by atoms with van der Waals surface area (Å²) in [6.45, 7) is 0.0620. The van der Waals surface area contributed by atoms with Crippen molar-refractivity contribution in [2.24, 2.45) is 0 Å². The van der Waals surface area contributed by atoms with Crippen LogP contribution < -0.4 is 14.8 Å². The molecule has 0 aliphatic carbocycles. The molecule has 0 spiro atoms. The third-order valence-electron chi connectivity index (χ3n) is 4.84. The molecule has 0 saturated carbocycles. The number of ether oxygens (including phenoxy) is 3. The zero-order valence-corrected chi connectivity index (χ0v) is 16.3. The van der Waals surface area contributed by atoms with Crippen molar-refractivity contribution in [1.29, 1.82) is 0 Å². The van der Waals surface area contributed by atoms with Crippen LogP contribution in [0.1, 0.15) is 11.1 Å². The molecule has 0 aromatic heterocycles. The van der Waals surface area contributed by atoms with E-state index in [4.69, 9.17) is 14.2 Å². The molecule has 0 radical (unpaired) electrons. The number of benzene rings is 2. The van der Waals surface area contributed by atoms with Gasteiger partial charge in [-0.2, -0.15) is 0 Å². The van der Waals surface area contributed by atoms with E-state index in [1.807, 2.05) is 30.3 Å². The van der Waals surface area contributed by atoms with E-state index in [2.05, 4.69) is 5.32 Å². The molecule has 2 atom stereocenters. The van der Waals surface area contributed by atoms with Crippen molar-refractivity contribution in [2.45, 2.75) is 25.2 Å². The molecule has 2 aromatic rings. The fourth-order valence-corrected chi connectivity index (χ4v) is 3.22.